The zero-order chi connectivity index (χ0) is 21.1. The number of ether oxygens (including phenoxy) is 1. The summed E-state index contributed by atoms with van der Waals surface area (Å²) in [4.78, 5) is 25.2. The fourth-order valence-corrected chi connectivity index (χ4v) is 2.79. The van der Waals surface area contributed by atoms with Gasteiger partial charge in [0, 0.05) is 5.56 Å². The quantitative estimate of drug-likeness (QED) is 0.649. The van der Waals surface area contributed by atoms with Crippen molar-refractivity contribution in [3.8, 4) is 6.07 Å². The third-order valence-electron chi connectivity index (χ3n) is 4.23. The van der Waals surface area contributed by atoms with Crippen LogP contribution in [0.5, 0.6) is 0 Å². The normalized spacial score (nSPS) is 12.6. The third-order valence-corrected chi connectivity index (χ3v) is 4.23. The molecule has 0 aromatic heterocycles. The third kappa shape index (κ3) is 7.76. The van der Waals surface area contributed by atoms with Gasteiger partial charge in [-0.1, -0.05) is 62.4 Å². The van der Waals surface area contributed by atoms with Crippen LogP contribution in [0.4, 0.5) is 0 Å². The predicted molar refractivity (Wildman–Crippen MR) is 111 cm³/mol. The maximum atomic E-state index is 12.7. The molecule has 2 N–H and O–H groups in total. The Morgan fingerprint density at radius 2 is 1.62 bits per heavy atom. The molecule has 2 atom stereocenters. The maximum Gasteiger partial charge on any atom is 0.251 e. The lowest BCUT2D eigenvalue weighted by Crippen LogP contribution is -2.50. The van der Waals surface area contributed by atoms with Gasteiger partial charge in [-0.2, -0.15) is 5.26 Å². The van der Waals surface area contributed by atoms with Crippen LogP contribution in [0.2, 0.25) is 0 Å². The second kappa shape index (κ2) is 11.6. The van der Waals surface area contributed by atoms with Crippen LogP contribution in [0, 0.1) is 17.2 Å². The smallest absolute Gasteiger partial charge is 0.251 e. The first-order valence-corrected chi connectivity index (χ1v) is 9.67. The van der Waals surface area contributed by atoms with Crippen molar-refractivity contribution < 1.29 is 14.3 Å². The van der Waals surface area contributed by atoms with Crippen molar-refractivity contribution >= 4 is 11.8 Å². The van der Waals surface area contributed by atoms with Crippen LogP contribution in [0.25, 0.3) is 0 Å². The van der Waals surface area contributed by atoms with Gasteiger partial charge in [0.2, 0.25) is 5.91 Å². The Bertz CT molecular complexity index is 816. The lowest BCUT2D eigenvalue weighted by Gasteiger charge is -2.22. The minimum Gasteiger partial charge on any atom is -0.374 e. The zero-order valence-corrected chi connectivity index (χ0v) is 16.8. The monoisotopic (exact) mass is 393 g/mol. The van der Waals surface area contributed by atoms with Crippen LogP contribution in [0.3, 0.4) is 0 Å². The molecule has 29 heavy (non-hydrogen) atoms. The zero-order valence-electron chi connectivity index (χ0n) is 16.8. The summed E-state index contributed by atoms with van der Waals surface area (Å²) in [5, 5.41) is 14.8. The van der Waals surface area contributed by atoms with Crippen LogP contribution in [0.1, 0.15) is 36.2 Å². The fraction of sp³-hybridized carbons (Fsp3) is 0.348. The summed E-state index contributed by atoms with van der Waals surface area (Å²) in [5.41, 5.74) is 1.47. The van der Waals surface area contributed by atoms with Crippen LogP contribution < -0.4 is 10.6 Å². The number of carbonyl (C=O) groups excluding carboxylic acids is 2. The van der Waals surface area contributed by atoms with Gasteiger partial charge in [0.05, 0.1) is 19.3 Å². The Kier molecular flexibility index (Phi) is 8.87. The molecule has 0 saturated heterocycles. The van der Waals surface area contributed by atoms with Gasteiger partial charge in [0.25, 0.3) is 5.91 Å². The molecule has 0 fully saturated rings. The molecule has 0 radical (unpaired) electrons. The highest BCUT2D eigenvalue weighted by Crippen LogP contribution is 2.08. The van der Waals surface area contributed by atoms with Gasteiger partial charge in [-0.15, -0.1) is 0 Å². The molecule has 2 aromatic rings. The van der Waals surface area contributed by atoms with Gasteiger partial charge in [0.15, 0.2) is 0 Å². The fourth-order valence-electron chi connectivity index (χ4n) is 2.79. The number of nitrogens with zero attached hydrogens (tertiary/aromatic N) is 1. The summed E-state index contributed by atoms with van der Waals surface area (Å²) in [6, 6.07) is 18.8. The highest BCUT2D eigenvalue weighted by atomic mass is 16.5. The number of nitriles is 1. The molecule has 0 aliphatic rings. The van der Waals surface area contributed by atoms with E-state index in [4.69, 9.17) is 4.74 Å². The van der Waals surface area contributed by atoms with Crippen molar-refractivity contribution in [3.63, 3.8) is 0 Å². The summed E-state index contributed by atoms with van der Waals surface area (Å²) in [7, 11) is 0. The van der Waals surface area contributed by atoms with Crippen molar-refractivity contribution in [2.24, 2.45) is 5.92 Å². The molecule has 2 aromatic carbocycles. The number of carbonyl (C=O) groups is 2. The summed E-state index contributed by atoms with van der Waals surface area (Å²) >= 11 is 0. The van der Waals surface area contributed by atoms with E-state index in [1.165, 1.54) is 0 Å². The van der Waals surface area contributed by atoms with E-state index in [-0.39, 0.29) is 18.4 Å². The van der Waals surface area contributed by atoms with Crippen molar-refractivity contribution in [2.45, 2.75) is 39.0 Å². The van der Waals surface area contributed by atoms with Crippen molar-refractivity contribution in [3.05, 3.63) is 71.8 Å². The van der Waals surface area contributed by atoms with Crippen LogP contribution in [0.15, 0.2) is 60.7 Å². The molecule has 0 bridgehead atoms. The lowest BCUT2D eigenvalue weighted by atomic mass is 10.0. The topological polar surface area (TPSA) is 91.2 Å². The minimum absolute atomic E-state index is 0.0676. The Balaban J connectivity index is 1.92. The standard InChI is InChI=1S/C23H27N3O3/c1-17(2)13-21(26-22(27)19-11-7-4-8-12-19)23(28)25-20(14-24)16-29-15-18-9-5-3-6-10-18/h3-12,17,20-21H,13,15-16H2,1-2H3,(H,25,28)(H,26,27)/t20-,21+/m1/s1. The predicted octanol–water partition coefficient (Wildman–Crippen LogP) is 3.06. The van der Waals surface area contributed by atoms with Crippen molar-refractivity contribution in [1.29, 1.82) is 5.26 Å². The van der Waals surface area contributed by atoms with E-state index < -0.39 is 18.0 Å². The minimum atomic E-state index is -0.797. The van der Waals surface area contributed by atoms with Crippen LogP contribution in [-0.2, 0) is 16.1 Å². The molecule has 0 spiro atoms. The first-order chi connectivity index (χ1) is 14.0. The molecule has 2 rings (SSSR count). The van der Waals surface area contributed by atoms with E-state index >= 15 is 0 Å². The largest absolute Gasteiger partial charge is 0.374 e. The van der Waals surface area contributed by atoms with Crippen LogP contribution in [-0.4, -0.2) is 30.5 Å². The summed E-state index contributed by atoms with van der Waals surface area (Å²) in [6.45, 7) is 4.37. The molecule has 2 amide bonds. The highest BCUT2D eigenvalue weighted by molar-refractivity contribution is 5.97. The van der Waals surface area contributed by atoms with E-state index in [0.29, 0.717) is 18.6 Å². The van der Waals surface area contributed by atoms with Gasteiger partial charge >= 0.3 is 0 Å². The summed E-state index contributed by atoms with van der Waals surface area (Å²) < 4.78 is 5.56. The highest BCUT2D eigenvalue weighted by Gasteiger charge is 2.24. The van der Waals surface area contributed by atoms with E-state index in [1.807, 2.05) is 56.3 Å². The number of amides is 2. The van der Waals surface area contributed by atoms with Gasteiger partial charge in [-0.3, -0.25) is 9.59 Å². The van der Waals surface area contributed by atoms with Crippen molar-refractivity contribution in [2.75, 3.05) is 6.61 Å². The molecule has 0 aliphatic carbocycles. The number of nitrogens with one attached hydrogen (secondary N) is 2. The molecular weight excluding hydrogens is 366 g/mol. The number of hydrogen-bond acceptors (Lipinski definition) is 4. The Labute approximate surface area is 171 Å². The van der Waals surface area contributed by atoms with E-state index in [1.54, 1.807) is 24.3 Å². The Morgan fingerprint density at radius 1 is 1.00 bits per heavy atom. The molecule has 152 valence electrons. The first-order valence-electron chi connectivity index (χ1n) is 9.67. The molecule has 0 aliphatic heterocycles. The van der Waals surface area contributed by atoms with Gasteiger partial charge < -0.3 is 15.4 Å². The lowest BCUT2D eigenvalue weighted by molar-refractivity contribution is -0.124. The molecule has 0 heterocycles. The van der Waals surface area contributed by atoms with E-state index in [2.05, 4.69) is 10.6 Å². The molecule has 6 nitrogen and oxygen atoms in total. The SMILES string of the molecule is CC(C)C[C@H](NC(=O)c1ccccc1)C(=O)N[C@H](C#N)COCc1ccccc1. The Hall–Kier alpha value is -3.17. The van der Waals surface area contributed by atoms with Crippen LogP contribution >= 0.6 is 0 Å². The average molecular weight is 393 g/mol. The number of benzene rings is 2. The number of rotatable bonds is 10. The maximum absolute atomic E-state index is 12.7. The molecular formula is C23H27N3O3. The van der Waals surface area contributed by atoms with E-state index in [9.17, 15) is 14.9 Å². The Morgan fingerprint density at radius 3 is 2.21 bits per heavy atom. The summed E-state index contributed by atoms with van der Waals surface area (Å²) in [5.74, 6) is -0.519. The second-order valence-electron chi connectivity index (χ2n) is 7.21. The average Bonchev–Trinajstić information content (AvgIpc) is 2.73. The van der Waals surface area contributed by atoms with Crippen molar-refractivity contribution in [1.82, 2.24) is 10.6 Å². The molecule has 0 saturated carbocycles. The molecule has 0 unspecified atom stereocenters. The summed E-state index contributed by atoms with van der Waals surface area (Å²) in [6.07, 6.45) is 0.466. The molecule has 6 heteroatoms. The van der Waals surface area contributed by atoms with Gasteiger partial charge in [0.1, 0.15) is 12.1 Å². The first kappa shape index (κ1) is 22.1. The second-order valence-corrected chi connectivity index (χ2v) is 7.21. The van der Waals surface area contributed by atoms with Gasteiger partial charge in [-0.25, -0.2) is 0 Å². The number of hydrogen-bond donors (Lipinski definition) is 2. The van der Waals surface area contributed by atoms with E-state index in [0.717, 1.165) is 5.56 Å². The van der Waals surface area contributed by atoms with Gasteiger partial charge in [-0.05, 0) is 30.0 Å².